The number of carbonyl (C=O) groups is 1. The summed E-state index contributed by atoms with van der Waals surface area (Å²) < 4.78 is 13.3. The van der Waals surface area contributed by atoms with Gasteiger partial charge in [0.15, 0.2) is 5.16 Å². The van der Waals surface area contributed by atoms with Crippen LogP contribution in [0.5, 0.6) is 0 Å². The van der Waals surface area contributed by atoms with Gasteiger partial charge in [0.1, 0.15) is 0 Å². The van der Waals surface area contributed by atoms with Crippen LogP contribution in [-0.2, 0) is 20.8 Å². The van der Waals surface area contributed by atoms with Gasteiger partial charge in [0.05, 0.1) is 36.0 Å². The van der Waals surface area contributed by atoms with Crippen LogP contribution in [0.1, 0.15) is 19.8 Å². The fraction of sp³-hybridized carbons (Fsp3) is 0.550. The smallest absolute Gasteiger partial charge is 0.269 e. The SMILES string of the molecule is CC(Sc1nnc(N2CCOCC2)n1CC1CCCO1)C(=O)Nc1ccc([N+](=O)[O-])cc1. The number of non-ortho nitro benzene ring substituents is 1. The first-order valence-corrected chi connectivity index (χ1v) is 11.5. The number of benzene rings is 1. The Labute approximate surface area is 189 Å². The van der Waals surface area contributed by atoms with Crippen LogP contribution >= 0.6 is 11.8 Å². The van der Waals surface area contributed by atoms with E-state index in [-0.39, 0.29) is 17.7 Å². The third kappa shape index (κ3) is 5.37. The maximum atomic E-state index is 12.7. The topological polar surface area (TPSA) is 125 Å². The number of morpholine rings is 1. The monoisotopic (exact) mass is 462 g/mol. The molecule has 1 N–H and O–H groups in total. The zero-order valence-electron chi connectivity index (χ0n) is 17.8. The first-order valence-electron chi connectivity index (χ1n) is 10.6. The zero-order valence-corrected chi connectivity index (χ0v) is 18.6. The summed E-state index contributed by atoms with van der Waals surface area (Å²) in [6.07, 6.45) is 2.13. The van der Waals surface area contributed by atoms with E-state index in [0.29, 0.717) is 30.6 Å². The maximum absolute atomic E-state index is 12.7. The lowest BCUT2D eigenvalue weighted by atomic mass is 10.2. The number of nitrogens with one attached hydrogen (secondary N) is 1. The molecule has 2 aliphatic rings. The van der Waals surface area contributed by atoms with Gasteiger partial charge in [-0.05, 0) is 31.9 Å². The molecule has 2 aliphatic heterocycles. The lowest BCUT2D eigenvalue weighted by Gasteiger charge is -2.28. The molecule has 11 nitrogen and oxygen atoms in total. The van der Waals surface area contributed by atoms with Crippen molar-refractivity contribution in [3.05, 3.63) is 34.4 Å². The molecule has 0 aliphatic carbocycles. The molecule has 32 heavy (non-hydrogen) atoms. The van der Waals surface area contributed by atoms with Gasteiger partial charge in [0.25, 0.3) is 5.69 Å². The fourth-order valence-electron chi connectivity index (χ4n) is 3.64. The molecule has 12 heteroatoms. The van der Waals surface area contributed by atoms with Crippen molar-refractivity contribution < 1.29 is 19.2 Å². The summed E-state index contributed by atoms with van der Waals surface area (Å²) in [6.45, 7) is 5.96. The molecule has 3 heterocycles. The number of hydrogen-bond acceptors (Lipinski definition) is 9. The van der Waals surface area contributed by atoms with E-state index in [1.807, 2.05) is 4.57 Å². The molecule has 2 atom stereocenters. The van der Waals surface area contributed by atoms with Crippen molar-refractivity contribution in [2.75, 3.05) is 43.1 Å². The van der Waals surface area contributed by atoms with E-state index in [1.165, 1.54) is 36.0 Å². The fourth-order valence-corrected chi connectivity index (χ4v) is 4.49. The van der Waals surface area contributed by atoms with Gasteiger partial charge in [-0.25, -0.2) is 0 Å². The molecule has 1 amide bonds. The predicted molar refractivity (Wildman–Crippen MR) is 119 cm³/mol. The molecular formula is C20H26N6O5S. The average molecular weight is 463 g/mol. The second kappa shape index (κ2) is 10.3. The van der Waals surface area contributed by atoms with Gasteiger partial charge >= 0.3 is 0 Å². The molecule has 2 aromatic rings. The Morgan fingerprint density at radius 3 is 2.69 bits per heavy atom. The number of thioether (sulfide) groups is 1. The summed E-state index contributed by atoms with van der Waals surface area (Å²) in [7, 11) is 0. The Kier molecular flexibility index (Phi) is 7.22. The zero-order chi connectivity index (χ0) is 22.5. The summed E-state index contributed by atoms with van der Waals surface area (Å²) in [5, 5.41) is 22.6. The van der Waals surface area contributed by atoms with Crippen LogP contribution in [0.4, 0.5) is 17.3 Å². The molecular weight excluding hydrogens is 436 g/mol. The van der Waals surface area contributed by atoms with Crippen LogP contribution in [0.3, 0.4) is 0 Å². The number of nitrogens with zero attached hydrogens (tertiary/aromatic N) is 5. The van der Waals surface area contributed by atoms with Crippen molar-refractivity contribution in [2.24, 2.45) is 0 Å². The lowest BCUT2D eigenvalue weighted by Crippen LogP contribution is -2.38. The summed E-state index contributed by atoms with van der Waals surface area (Å²) in [4.78, 5) is 25.2. The summed E-state index contributed by atoms with van der Waals surface area (Å²) in [5.41, 5.74) is 0.478. The minimum Gasteiger partial charge on any atom is -0.378 e. The lowest BCUT2D eigenvalue weighted by molar-refractivity contribution is -0.384. The molecule has 0 radical (unpaired) electrons. The van der Waals surface area contributed by atoms with Crippen molar-refractivity contribution in [1.82, 2.24) is 14.8 Å². The summed E-state index contributed by atoms with van der Waals surface area (Å²) >= 11 is 1.33. The largest absolute Gasteiger partial charge is 0.378 e. The maximum Gasteiger partial charge on any atom is 0.269 e. The number of rotatable bonds is 8. The molecule has 1 aromatic heterocycles. The van der Waals surface area contributed by atoms with Gasteiger partial charge < -0.3 is 19.7 Å². The van der Waals surface area contributed by atoms with Gasteiger partial charge in [-0.1, -0.05) is 11.8 Å². The Bertz CT molecular complexity index is 940. The first-order chi connectivity index (χ1) is 15.5. The number of hydrogen-bond donors (Lipinski definition) is 1. The number of nitro groups is 1. The highest BCUT2D eigenvalue weighted by atomic mass is 32.2. The third-order valence-electron chi connectivity index (χ3n) is 5.40. The van der Waals surface area contributed by atoms with Crippen molar-refractivity contribution in [1.29, 1.82) is 0 Å². The normalized spacial score (nSPS) is 19.7. The highest BCUT2D eigenvalue weighted by Crippen LogP contribution is 2.29. The highest BCUT2D eigenvalue weighted by Gasteiger charge is 2.27. The second-order valence-electron chi connectivity index (χ2n) is 7.68. The Hall–Kier alpha value is -2.70. The standard InChI is InChI=1S/C20H26N6O5S/c1-14(18(27)21-15-4-6-16(7-5-15)26(28)29)32-20-23-22-19(24-8-11-30-12-9-24)25(20)13-17-3-2-10-31-17/h4-7,14,17H,2-3,8-13H2,1H3,(H,21,27). The average Bonchev–Trinajstić information content (AvgIpc) is 3.45. The van der Waals surface area contributed by atoms with Crippen LogP contribution in [0.25, 0.3) is 0 Å². The number of anilines is 2. The van der Waals surface area contributed by atoms with Gasteiger partial charge in [-0.15, -0.1) is 10.2 Å². The Balaban J connectivity index is 1.46. The molecule has 1 aromatic carbocycles. The van der Waals surface area contributed by atoms with E-state index in [2.05, 4.69) is 20.4 Å². The van der Waals surface area contributed by atoms with Crippen molar-refractivity contribution in [2.45, 2.75) is 42.8 Å². The molecule has 2 fully saturated rings. The van der Waals surface area contributed by atoms with E-state index in [1.54, 1.807) is 6.92 Å². The molecule has 2 saturated heterocycles. The quantitative estimate of drug-likeness (QED) is 0.357. The number of nitro benzene ring substituents is 1. The van der Waals surface area contributed by atoms with E-state index in [9.17, 15) is 14.9 Å². The van der Waals surface area contributed by atoms with Crippen LogP contribution in [0, 0.1) is 10.1 Å². The summed E-state index contributed by atoms with van der Waals surface area (Å²) in [5.74, 6) is 0.553. The first kappa shape index (κ1) is 22.5. The Morgan fingerprint density at radius 2 is 2.03 bits per heavy atom. The van der Waals surface area contributed by atoms with Crippen molar-refractivity contribution >= 4 is 35.0 Å². The van der Waals surface area contributed by atoms with E-state index < -0.39 is 10.2 Å². The molecule has 2 unspecified atom stereocenters. The minimum atomic E-state index is -0.475. The minimum absolute atomic E-state index is 0.0247. The summed E-state index contributed by atoms with van der Waals surface area (Å²) in [6, 6.07) is 5.76. The Morgan fingerprint density at radius 1 is 1.28 bits per heavy atom. The van der Waals surface area contributed by atoms with Gasteiger partial charge in [-0.3, -0.25) is 19.5 Å². The van der Waals surface area contributed by atoms with Crippen LogP contribution in [-0.4, -0.2) is 69.9 Å². The van der Waals surface area contributed by atoms with Gasteiger partial charge in [0, 0.05) is 37.5 Å². The number of ether oxygens (including phenoxy) is 2. The van der Waals surface area contributed by atoms with E-state index in [0.717, 1.165) is 38.5 Å². The van der Waals surface area contributed by atoms with Crippen LogP contribution in [0.2, 0.25) is 0 Å². The molecule has 172 valence electrons. The van der Waals surface area contributed by atoms with Crippen LogP contribution in [0.15, 0.2) is 29.4 Å². The molecule has 4 rings (SSSR count). The van der Waals surface area contributed by atoms with Crippen LogP contribution < -0.4 is 10.2 Å². The van der Waals surface area contributed by atoms with Gasteiger partial charge in [0.2, 0.25) is 11.9 Å². The second-order valence-corrected chi connectivity index (χ2v) is 8.99. The van der Waals surface area contributed by atoms with E-state index in [4.69, 9.17) is 9.47 Å². The number of carbonyl (C=O) groups excluding carboxylic acids is 1. The molecule has 0 spiro atoms. The molecule has 0 saturated carbocycles. The number of aromatic nitrogens is 3. The van der Waals surface area contributed by atoms with E-state index >= 15 is 0 Å². The van der Waals surface area contributed by atoms with Crippen molar-refractivity contribution in [3.8, 4) is 0 Å². The highest BCUT2D eigenvalue weighted by molar-refractivity contribution is 8.00. The molecule has 0 bridgehead atoms. The van der Waals surface area contributed by atoms with Gasteiger partial charge in [-0.2, -0.15) is 0 Å². The third-order valence-corrected chi connectivity index (χ3v) is 6.48. The predicted octanol–water partition coefficient (Wildman–Crippen LogP) is 2.32. The number of amides is 1. The van der Waals surface area contributed by atoms with Crippen molar-refractivity contribution in [3.63, 3.8) is 0 Å².